The maximum Gasteiger partial charge on any atom is 0.323 e. The second kappa shape index (κ2) is 5.11. The van der Waals surface area contributed by atoms with Gasteiger partial charge in [0, 0.05) is 18.2 Å². The van der Waals surface area contributed by atoms with Gasteiger partial charge >= 0.3 is 5.97 Å². The Bertz CT molecular complexity index is 453. The molecule has 0 saturated heterocycles. The predicted molar refractivity (Wildman–Crippen MR) is 60.2 cm³/mol. The number of anilines is 1. The summed E-state index contributed by atoms with van der Waals surface area (Å²) in [6.07, 6.45) is 0. The van der Waals surface area contributed by atoms with Crippen LogP contribution in [0.1, 0.15) is 17.3 Å². The van der Waals surface area contributed by atoms with Crippen LogP contribution in [0.25, 0.3) is 0 Å². The number of aliphatic carboxylic acids is 1. The molecule has 17 heavy (non-hydrogen) atoms. The quantitative estimate of drug-likeness (QED) is 0.737. The highest BCUT2D eigenvalue weighted by Crippen LogP contribution is 2.09. The fourth-order valence-electron chi connectivity index (χ4n) is 1.24. The first-order valence-electron chi connectivity index (χ1n) is 4.81. The first-order valence-corrected chi connectivity index (χ1v) is 4.81. The van der Waals surface area contributed by atoms with Crippen LogP contribution in [-0.4, -0.2) is 34.3 Å². The molecule has 3 N–H and O–H groups in total. The lowest BCUT2D eigenvalue weighted by Gasteiger charge is -2.16. The molecule has 0 aliphatic carbocycles. The van der Waals surface area contributed by atoms with E-state index in [1.54, 1.807) is 0 Å². The number of rotatable bonds is 3. The lowest BCUT2D eigenvalue weighted by atomic mass is 10.2. The average molecular weight is 236 g/mol. The fourth-order valence-corrected chi connectivity index (χ4v) is 1.24. The first kappa shape index (κ1) is 12.7. The average Bonchev–Trinajstić information content (AvgIpc) is 2.25. The number of nitrogens with zero attached hydrogens (tertiary/aromatic N) is 1. The van der Waals surface area contributed by atoms with Gasteiger partial charge in [-0.05, 0) is 24.3 Å². The van der Waals surface area contributed by atoms with Crippen molar-refractivity contribution in [2.24, 2.45) is 0 Å². The first-order chi connectivity index (χ1) is 7.91. The molecule has 0 heterocycles. The number of amides is 2. The van der Waals surface area contributed by atoms with Crippen LogP contribution in [0.5, 0.6) is 0 Å². The van der Waals surface area contributed by atoms with E-state index in [9.17, 15) is 14.4 Å². The largest absolute Gasteiger partial charge is 0.480 e. The minimum absolute atomic E-state index is 0.218. The van der Waals surface area contributed by atoms with Gasteiger partial charge in [-0.15, -0.1) is 0 Å². The van der Waals surface area contributed by atoms with E-state index in [2.05, 4.69) is 0 Å². The van der Waals surface area contributed by atoms with Gasteiger partial charge in [0.1, 0.15) is 6.54 Å². The van der Waals surface area contributed by atoms with Gasteiger partial charge in [-0.2, -0.15) is 0 Å². The molecule has 0 radical (unpaired) electrons. The van der Waals surface area contributed by atoms with Crippen LogP contribution in [-0.2, 0) is 9.59 Å². The monoisotopic (exact) mass is 236 g/mol. The van der Waals surface area contributed by atoms with Crippen LogP contribution in [0, 0.1) is 0 Å². The highest BCUT2D eigenvalue weighted by molar-refractivity contribution is 6.05. The van der Waals surface area contributed by atoms with Gasteiger partial charge in [-0.25, -0.2) is 0 Å². The zero-order chi connectivity index (χ0) is 13.0. The Morgan fingerprint density at radius 3 is 2.18 bits per heavy atom. The number of carbonyl (C=O) groups is 3. The van der Waals surface area contributed by atoms with Crippen LogP contribution in [0.3, 0.4) is 0 Å². The smallest absolute Gasteiger partial charge is 0.323 e. The van der Waals surface area contributed by atoms with Crippen molar-refractivity contribution in [3.8, 4) is 0 Å². The summed E-state index contributed by atoms with van der Waals surface area (Å²) in [6, 6.07) is 5.89. The maximum absolute atomic E-state index is 11.8. The van der Waals surface area contributed by atoms with Crippen LogP contribution >= 0.6 is 0 Å². The van der Waals surface area contributed by atoms with Crippen molar-refractivity contribution in [2.45, 2.75) is 6.92 Å². The Balaban J connectivity index is 2.95. The van der Waals surface area contributed by atoms with Gasteiger partial charge in [0.25, 0.3) is 5.91 Å². The Hall–Kier alpha value is -2.37. The molecule has 1 aromatic rings. The molecule has 6 heteroatoms. The van der Waals surface area contributed by atoms with Crippen molar-refractivity contribution in [1.29, 1.82) is 0 Å². The molecule has 1 aromatic carbocycles. The molecule has 2 amide bonds. The van der Waals surface area contributed by atoms with E-state index in [4.69, 9.17) is 10.8 Å². The summed E-state index contributed by atoms with van der Waals surface area (Å²) in [5, 5.41) is 8.61. The molecule has 0 aliphatic heterocycles. The summed E-state index contributed by atoms with van der Waals surface area (Å²) in [4.78, 5) is 34.2. The molecule has 0 unspecified atom stereocenters. The summed E-state index contributed by atoms with van der Waals surface area (Å²) >= 11 is 0. The maximum atomic E-state index is 11.8. The molecule has 90 valence electrons. The van der Waals surface area contributed by atoms with E-state index in [1.165, 1.54) is 24.3 Å². The standard InChI is InChI=1S/C11H12N2O4/c1-7(14)13(6-10(15)16)11(17)8-2-4-9(12)5-3-8/h2-5H,6,12H2,1H3,(H,15,16). The topological polar surface area (TPSA) is 101 Å². The van der Waals surface area contributed by atoms with Gasteiger partial charge in [0.15, 0.2) is 0 Å². The van der Waals surface area contributed by atoms with Crippen LogP contribution in [0.15, 0.2) is 24.3 Å². The Labute approximate surface area is 97.6 Å². The molecule has 0 aromatic heterocycles. The van der Waals surface area contributed by atoms with Gasteiger partial charge < -0.3 is 10.8 Å². The van der Waals surface area contributed by atoms with Crippen molar-refractivity contribution < 1.29 is 19.5 Å². The molecular formula is C11H12N2O4. The molecule has 0 aliphatic rings. The molecule has 0 saturated carbocycles. The SMILES string of the molecule is CC(=O)N(CC(=O)O)C(=O)c1ccc(N)cc1. The van der Waals surface area contributed by atoms with Crippen molar-refractivity contribution in [2.75, 3.05) is 12.3 Å². The Morgan fingerprint density at radius 2 is 1.76 bits per heavy atom. The number of imide groups is 1. The molecule has 0 spiro atoms. The fraction of sp³-hybridized carbons (Fsp3) is 0.182. The number of hydrogen-bond donors (Lipinski definition) is 2. The number of nitrogens with two attached hydrogens (primary N) is 1. The van der Waals surface area contributed by atoms with Gasteiger partial charge in [-0.1, -0.05) is 0 Å². The number of carboxylic acids is 1. The second-order valence-electron chi connectivity index (χ2n) is 3.43. The van der Waals surface area contributed by atoms with Crippen molar-refractivity contribution in [3.05, 3.63) is 29.8 Å². The van der Waals surface area contributed by atoms with Crippen molar-refractivity contribution in [1.82, 2.24) is 4.90 Å². The van der Waals surface area contributed by atoms with Crippen molar-refractivity contribution >= 4 is 23.5 Å². The third-order valence-corrected chi connectivity index (χ3v) is 2.08. The van der Waals surface area contributed by atoms with Crippen LogP contribution in [0.4, 0.5) is 5.69 Å². The highest BCUT2D eigenvalue weighted by Gasteiger charge is 2.21. The molecule has 0 bridgehead atoms. The van der Waals surface area contributed by atoms with Crippen LogP contribution in [0.2, 0.25) is 0 Å². The number of nitrogen functional groups attached to an aromatic ring is 1. The van der Waals surface area contributed by atoms with E-state index in [-0.39, 0.29) is 5.56 Å². The normalized spacial score (nSPS) is 9.71. The van der Waals surface area contributed by atoms with E-state index in [0.717, 1.165) is 6.92 Å². The summed E-state index contributed by atoms with van der Waals surface area (Å²) in [7, 11) is 0. The molecule has 0 atom stereocenters. The third kappa shape index (κ3) is 3.30. The minimum atomic E-state index is -1.25. The molecule has 1 rings (SSSR count). The number of carboxylic acid groups (broad SMARTS) is 1. The Kier molecular flexibility index (Phi) is 3.82. The molecular weight excluding hydrogens is 224 g/mol. The second-order valence-corrected chi connectivity index (χ2v) is 3.43. The van der Waals surface area contributed by atoms with Gasteiger partial charge in [-0.3, -0.25) is 19.3 Å². The summed E-state index contributed by atoms with van der Waals surface area (Å²) in [5.74, 6) is -2.52. The zero-order valence-corrected chi connectivity index (χ0v) is 9.21. The van der Waals surface area contributed by atoms with Gasteiger partial charge in [0.05, 0.1) is 0 Å². The summed E-state index contributed by atoms with van der Waals surface area (Å²) in [5.41, 5.74) is 6.16. The lowest BCUT2D eigenvalue weighted by molar-refractivity contribution is -0.142. The van der Waals surface area contributed by atoms with Crippen LogP contribution < -0.4 is 5.73 Å². The van der Waals surface area contributed by atoms with E-state index in [0.29, 0.717) is 10.6 Å². The van der Waals surface area contributed by atoms with E-state index >= 15 is 0 Å². The van der Waals surface area contributed by atoms with E-state index < -0.39 is 24.3 Å². The molecule has 0 fully saturated rings. The lowest BCUT2D eigenvalue weighted by Crippen LogP contribution is -2.39. The zero-order valence-electron chi connectivity index (χ0n) is 9.21. The summed E-state index contributed by atoms with van der Waals surface area (Å²) < 4.78 is 0. The van der Waals surface area contributed by atoms with E-state index in [1.807, 2.05) is 0 Å². The Morgan fingerprint density at radius 1 is 1.24 bits per heavy atom. The minimum Gasteiger partial charge on any atom is -0.480 e. The van der Waals surface area contributed by atoms with Gasteiger partial charge in [0.2, 0.25) is 5.91 Å². The number of hydrogen-bond acceptors (Lipinski definition) is 4. The predicted octanol–water partition coefficient (Wildman–Crippen LogP) is 0.342. The highest BCUT2D eigenvalue weighted by atomic mass is 16.4. The van der Waals surface area contributed by atoms with Crippen molar-refractivity contribution in [3.63, 3.8) is 0 Å². The number of benzene rings is 1. The third-order valence-electron chi connectivity index (χ3n) is 2.08. The number of carbonyl (C=O) groups excluding carboxylic acids is 2. The summed E-state index contributed by atoms with van der Waals surface area (Å²) in [6.45, 7) is 0.483. The molecule has 6 nitrogen and oxygen atoms in total.